The van der Waals surface area contributed by atoms with Crippen LogP contribution in [0, 0.1) is 0 Å². The Hall–Kier alpha value is -4.21. The van der Waals surface area contributed by atoms with Crippen molar-refractivity contribution in [1.29, 1.82) is 0 Å². The Kier molecular flexibility index (Phi) is 7.25. The number of rotatable bonds is 7. The highest BCUT2D eigenvalue weighted by atomic mass is 16.5. The Labute approximate surface area is 226 Å². The van der Waals surface area contributed by atoms with E-state index in [1.165, 1.54) is 0 Å². The van der Waals surface area contributed by atoms with E-state index in [0.29, 0.717) is 44.7 Å². The number of morpholine rings is 2. The summed E-state index contributed by atoms with van der Waals surface area (Å²) in [4.78, 5) is 33.6. The lowest BCUT2D eigenvalue weighted by atomic mass is 10.1. The number of hydrogen-bond donors (Lipinski definition) is 0. The lowest BCUT2D eigenvalue weighted by Gasteiger charge is -2.30. The molecule has 0 unspecified atom stereocenters. The first-order valence-corrected chi connectivity index (χ1v) is 13.2. The summed E-state index contributed by atoms with van der Waals surface area (Å²) in [7, 11) is 0. The van der Waals surface area contributed by atoms with E-state index >= 15 is 0 Å². The molecule has 0 saturated carbocycles. The summed E-state index contributed by atoms with van der Waals surface area (Å²) in [5.41, 5.74) is 4.49. The molecule has 9 heteroatoms. The molecule has 2 aliphatic rings. The topological polar surface area (TPSA) is 86.1 Å². The second-order valence-corrected chi connectivity index (χ2v) is 9.64. The normalized spacial score (nSPS) is 15.9. The zero-order valence-corrected chi connectivity index (χ0v) is 21.6. The molecule has 9 nitrogen and oxygen atoms in total. The number of pyridine rings is 2. The minimum atomic E-state index is -0.293. The molecule has 39 heavy (non-hydrogen) atoms. The van der Waals surface area contributed by atoms with Gasteiger partial charge in [-0.25, -0.2) is 4.98 Å². The molecule has 2 aromatic carbocycles. The molecule has 4 heterocycles. The molecule has 0 amide bonds. The molecule has 0 spiro atoms. The number of aromatic nitrogens is 2. The number of carbonyl (C=O) groups is 1. The van der Waals surface area contributed by atoms with Crippen LogP contribution in [0.1, 0.15) is 5.56 Å². The van der Waals surface area contributed by atoms with Crippen molar-refractivity contribution >= 4 is 28.9 Å². The van der Waals surface area contributed by atoms with Crippen molar-refractivity contribution in [3.8, 4) is 16.9 Å². The number of carbonyl (C=O) groups excluding carboxylic acids is 1. The molecule has 0 N–H and O–H groups in total. The molecular weight excluding hydrogens is 496 g/mol. The Morgan fingerprint density at radius 1 is 0.846 bits per heavy atom. The van der Waals surface area contributed by atoms with Crippen LogP contribution in [-0.2, 0) is 20.8 Å². The Balaban J connectivity index is 1.29. The third-order valence-electron chi connectivity index (χ3n) is 7.30. The van der Waals surface area contributed by atoms with Gasteiger partial charge in [0.05, 0.1) is 49.2 Å². The van der Waals surface area contributed by atoms with Crippen LogP contribution in [0.3, 0.4) is 0 Å². The fraction of sp³-hybridized carbons (Fsp3) is 0.300. The van der Waals surface area contributed by atoms with Gasteiger partial charge in [0.15, 0.2) is 5.75 Å². The number of benzene rings is 2. The van der Waals surface area contributed by atoms with Crippen molar-refractivity contribution in [3.05, 3.63) is 82.8 Å². The monoisotopic (exact) mass is 526 g/mol. The predicted octanol–water partition coefficient (Wildman–Crippen LogP) is 3.32. The average Bonchev–Trinajstić information content (AvgIpc) is 3.00. The van der Waals surface area contributed by atoms with Crippen LogP contribution in [0.15, 0.2) is 71.8 Å². The predicted molar refractivity (Wildman–Crippen MR) is 150 cm³/mol. The smallest absolute Gasteiger partial charge is 0.298 e. The van der Waals surface area contributed by atoms with Crippen LogP contribution in [0.5, 0.6) is 5.75 Å². The first kappa shape index (κ1) is 25.1. The van der Waals surface area contributed by atoms with Crippen LogP contribution in [0.4, 0.5) is 11.5 Å². The van der Waals surface area contributed by atoms with Crippen LogP contribution in [-0.4, -0.2) is 68.6 Å². The highest BCUT2D eigenvalue weighted by molar-refractivity contribution is 5.93. The molecule has 0 bridgehead atoms. The van der Waals surface area contributed by atoms with Gasteiger partial charge in [-0.05, 0) is 35.4 Å². The molecule has 2 aromatic heterocycles. The third kappa shape index (κ3) is 5.23. The van der Waals surface area contributed by atoms with E-state index in [0.717, 1.165) is 60.0 Å². The van der Waals surface area contributed by atoms with E-state index in [1.807, 2.05) is 29.0 Å². The van der Waals surface area contributed by atoms with Gasteiger partial charge in [0.25, 0.3) is 6.47 Å². The number of fused-ring (bicyclic) bond motifs is 1. The van der Waals surface area contributed by atoms with E-state index in [9.17, 15) is 9.59 Å². The third-order valence-corrected chi connectivity index (χ3v) is 7.30. The van der Waals surface area contributed by atoms with Crippen molar-refractivity contribution in [1.82, 2.24) is 9.55 Å². The lowest BCUT2D eigenvalue weighted by molar-refractivity contribution is -0.120. The number of anilines is 2. The van der Waals surface area contributed by atoms with E-state index < -0.39 is 0 Å². The average molecular weight is 527 g/mol. The summed E-state index contributed by atoms with van der Waals surface area (Å²) in [6.07, 6.45) is 3.52. The Morgan fingerprint density at radius 2 is 1.54 bits per heavy atom. The summed E-state index contributed by atoms with van der Waals surface area (Å²) in [6, 6.07) is 18.3. The molecule has 2 fully saturated rings. The zero-order valence-electron chi connectivity index (χ0n) is 21.6. The van der Waals surface area contributed by atoms with Crippen LogP contribution in [0.2, 0.25) is 0 Å². The molecule has 2 saturated heterocycles. The summed E-state index contributed by atoms with van der Waals surface area (Å²) >= 11 is 0. The zero-order chi connectivity index (χ0) is 26.6. The SMILES string of the molecule is O=COc1cn(Cc2ccc(-c3ccc(N4CCOCC4)nc3)cc2)c2cccc(N3CCOCC3)c2c1=O. The largest absolute Gasteiger partial charge is 0.423 e. The number of ether oxygens (including phenoxy) is 3. The quantitative estimate of drug-likeness (QED) is 0.339. The van der Waals surface area contributed by atoms with Gasteiger partial charge in [0.2, 0.25) is 5.43 Å². The maximum absolute atomic E-state index is 13.3. The van der Waals surface area contributed by atoms with Gasteiger partial charge in [-0.3, -0.25) is 9.59 Å². The Morgan fingerprint density at radius 3 is 2.21 bits per heavy atom. The highest BCUT2D eigenvalue weighted by Crippen LogP contribution is 2.28. The summed E-state index contributed by atoms with van der Waals surface area (Å²) < 4.78 is 18.0. The van der Waals surface area contributed by atoms with Gasteiger partial charge >= 0.3 is 0 Å². The van der Waals surface area contributed by atoms with E-state index in [2.05, 4.69) is 51.2 Å². The van der Waals surface area contributed by atoms with Gasteiger partial charge in [-0.2, -0.15) is 0 Å². The Bertz CT molecular complexity index is 1510. The minimum Gasteiger partial charge on any atom is -0.423 e. The maximum atomic E-state index is 13.3. The summed E-state index contributed by atoms with van der Waals surface area (Å²) in [6.45, 7) is 6.58. The molecule has 4 aromatic rings. The fourth-order valence-corrected chi connectivity index (χ4v) is 5.26. The van der Waals surface area contributed by atoms with Crippen molar-refractivity contribution in [2.45, 2.75) is 6.54 Å². The number of hydrogen-bond acceptors (Lipinski definition) is 8. The van der Waals surface area contributed by atoms with Crippen molar-refractivity contribution < 1.29 is 19.0 Å². The van der Waals surface area contributed by atoms with Crippen LogP contribution in [0.25, 0.3) is 22.0 Å². The highest BCUT2D eigenvalue weighted by Gasteiger charge is 2.19. The second-order valence-electron chi connectivity index (χ2n) is 9.64. The molecule has 200 valence electrons. The molecule has 0 aliphatic carbocycles. The molecular formula is C30H30N4O5. The van der Waals surface area contributed by atoms with Crippen molar-refractivity contribution in [3.63, 3.8) is 0 Å². The molecule has 6 rings (SSSR count). The van der Waals surface area contributed by atoms with Gasteiger partial charge in [0.1, 0.15) is 5.82 Å². The summed E-state index contributed by atoms with van der Waals surface area (Å²) in [5, 5.41) is 0.543. The maximum Gasteiger partial charge on any atom is 0.298 e. The fourth-order valence-electron chi connectivity index (χ4n) is 5.26. The van der Waals surface area contributed by atoms with Gasteiger partial charge in [0, 0.05) is 44.5 Å². The minimum absolute atomic E-state index is 0.0151. The summed E-state index contributed by atoms with van der Waals surface area (Å²) in [5.74, 6) is 0.981. The first-order valence-electron chi connectivity index (χ1n) is 13.2. The van der Waals surface area contributed by atoms with Crippen molar-refractivity contribution in [2.75, 3.05) is 62.4 Å². The van der Waals surface area contributed by atoms with Gasteiger partial charge in [-0.15, -0.1) is 0 Å². The molecule has 0 radical (unpaired) electrons. The molecule has 0 atom stereocenters. The van der Waals surface area contributed by atoms with Crippen molar-refractivity contribution in [2.24, 2.45) is 0 Å². The van der Waals surface area contributed by atoms with Gasteiger partial charge in [-0.1, -0.05) is 30.3 Å². The first-order chi connectivity index (χ1) is 19.2. The standard InChI is InChI=1S/C30H30N4O5/c35-21-39-27-20-34(26-3-1-2-25(29(26)30(27)36)32-10-14-37-15-11-32)19-22-4-6-23(7-5-22)24-8-9-28(31-18-24)33-12-16-38-17-13-33/h1-9,18,20-21H,10-17,19H2. The second kappa shape index (κ2) is 11.3. The van der Waals surface area contributed by atoms with E-state index in [4.69, 9.17) is 14.2 Å². The lowest BCUT2D eigenvalue weighted by Crippen LogP contribution is -2.36. The van der Waals surface area contributed by atoms with Gasteiger partial charge < -0.3 is 28.6 Å². The van der Waals surface area contributed by atoms with Crippen LogP contribution >= 0.6 is 0 Å². The van der Waals surface area contributed by atoms with Crippen LogP contribution < -0.4 is 20.0 Å². The van der Waals surface area contributed by atoms with E-state index in [-0.39, 0.29) is 11.2 Å². The van der Waals surface area contributed by atoms with E-state index in [1.54, 1.807) is 6.20 Å². The molecule has 2 aliphatic heterocycles. The number of nitrogens with zero attached hydrogens (tertiary/aromatic N) is 4.